The number of hydrogen-bond acceptors (Lipinski definition) is 5. The highest BCUT2D eigenvalue weighted by molar-refractivity contribution is 6.09. The second-order valence-electron chi connectivity index (χ2n) is 6.25. The molecule has 2 heterocycles. The van der Waals surface area contributed by atoms with Crippen LogP contribution in [0.15, 0.2) is 48.9 Å². The Balaban J connectivity index is 1.78. The smallest absolute Gasteiger partial charge is 0.338 e. The number of hydrogen-bond donors (Lipinski definition) is 3. The zero-order valence-corrected chi connectivity index (χ0v) is 15.9. The molecule has 3 rings (SSSR count). The van der Waals surface area contributed by atoms with E-state index in [4.69, 9.17) is 5.11 Å². The van der Waals surface area contributed by atoms with Crippen LogP contribution in [0.2, 0.25) is 0 Å². The van der Waals surface area contributed by atoms with Crippen LogP contribution < -0.4 is 10.6 Å². The van der Waals surface area contributed by atoms with Crippen molar-refractivity contribution < 1.29 is 19.5 Å². The Morgan fingerprint density at radius 3 is 2.48 bits per heavy atom. The maximum Gasteiger partial charge on any atom is 0.338 e. The van der Waals surface area contributed by atoms with Crippen LogP contribution in [0, 0.1) is 0 Å². The van der Waals surface area contributed by atoms with Gasteiger partial charge in [-0.3, -0.25) is 19.0 Å². The summed E-state index contributed by atoms with van der Waals surface area (Å²) >= 11 is 0. The molecule has 3 aromatic rings. The van der Waals surface area contributed by atoms with E-state index in [-0.39, 0.29) is 16.9 Å². The van der Waals surface area contributed by atoms with E-state index in [1.807, 2.05) is 13.0 Å². The Morgan fingerprint density at radius 1 is 1.14 bits per heavy atom. The van der Waals surface area contributed by atoms with Gasteiger partial charge in [-0.05, 0) is 26.0 Å². The lowest BCUT2D eigenvalue weighted by Gasteiger charge is -2.12. The lowest BCUT2D eigenvalue weighted by Crippen LogP contribution is -2.25. The molecule has 0 bridgehead atoms. The summed E-state index contributed by atoms with van der Waals surface area (Å²) in [5.41, 5.74) is 0.906. The van der Waals surface area contributed by atoms with Gasteiger partial charge in [-0.25, -0.2) is 4.79 Å². The van der Waals surface area contributed by atoms with Crippen LogP contribution in [-0.2, 0) is 11.3 Å². The molecule has 1 aromatic carbocycles. The predicted molar refractivity (Wildman–Crippen MR) is 105 cm³/mol. The molecule has 150 valence electrons. The topological polar surface area (TPSA) is 131 Å². The van der Waals surface area contributed by atoms with Crippen LogP contribution >= 0.6 is 0 Å². The fourth-order valence-corrected chi connectivity index (χ4v) is 2.57. The number of benzene rings is 1. The van der Waals surface area contributed by atoms with Crippen molar-refractivity contribution in [3.8, 4) is 0 Å². The van der Waals surface area contributed by atoms with Gasteiger partial charge in [-0.15, -0.1) is 0 Å². The fraction of sp³-hybridized carbons (Fsp3) is 0.211. The quantitative estimate of drug-likeness (QED) is 0.561. The van der Waals surface area contributed by atoms with Crippen LogP contribution in [0.4, 0.5) is 11.4 Å². The molecule has 2 amide bonds. The normalized spacial score (nSPS) is 11.7. The summed E-state index contributed by atoms with van der Waals surface area (Å²) in [7, 11) is 0. The SMILES string of the molecule is CCn1cc(NC(=O)C(C)n2cc(C(=O)O)cn2)c(C(=O)Nc2ccccc2)n1. The number of nitrogens with one attached hydrogen (secondary N) is 2. The number of carbonyl (C=O) groups excluding carboxylic acids is 2. The summed E-state index contributed by atoms with van der Waals surface area (Å²) in [5, 5.41) is 22.5. The van der Waals surface area contributed by atoms with Crippen molar-refractivity contribution in [1.82, 2.24) is 19.6 Å². The number of anilines is 2. The Kier molecular flexibility index (Phi) is 5.72. The molecule has 10 nitrogen and oxygen atoms in total. The van der Waals surface area contributed by atoms with Crippen LogP contribution in [0.5, 0.6) is 0 Å². The largest absolute Gasteiger partial charge is 0.478 e. The van der Waals surface area contributed by atoms with Gasteiger partial charge in [0.2, 0.25) is 5.91 Å². The van der Waals surface area contributed by atoms with E-state index in [0.717, 1.165) is 0 Å². The highest BCUT2D eigenvalue weighted by Crippen LogP contribution is 2.18. The van der Waals surface area contributed by atoms with Crippen molar-refractivity contribution >= 4 is 29.2 Å². The second kappa shape index (κ2) is 8.38. The zero-order chi connectivity index (χ0) is 21.0. The van der Waals surface area contributed by atoms with Gasteiger partial charge in [-0.2, -0.15) is 10.2 Å². The second-order valence-corrected chi connectivity index (χ2v) is 6.25. The van der Waals surface area contributed by atoms with Crippen LogP contribution in [-0.4, -0.2) is 42.5 Å². The summed E-state index contributed by atoms with van der Waals surface area (Å²) in [5.74, 6) is -2.05. The van der Waals surface area contributed by atoms with E-state index in [1.54, 1.807) is 37.4 Å². The maximum absolute atomic E-state index is 12.6. The molecule has 0 spiro atoms. The van der Waals surface area contributed by atoms with Crippen molar-refractivity contribution in [2.24, 2.45) is 0 Å². The molecule has 0 saturated carbocycles. The number of carboxylic acids is 1. The lowest BCUT2D eigenvalue weighted by atomic mass is 10.2. The minimum absolute atomic E-state index is 0.0219. The summed E-state index contributed by atoms with van der Waals surface area (Å²) in [6.45, 7) is 3.94. The fourth-order valence-electron chi connectivity index (χ4n) is 2.57. The van der Waals surface area contributed by atoms with Gasteiger partial charge in [0.1, 0.15) is 6.04 Å². The number of rotatable bonds is 7. The van der Waals surface area contributed by atoms with Crippen molar-refractivity contribution in [2.75, 3.05) is 10.6 Å². The number of nitrogens with zero attached hydrogens (tertiary/aromatic N) is 4. The molecule has 0 radical (unpaired) electrons. The molecule has 0 aliphatic heterocycles. The van der Waals surface area contributed by atoms with Crippen LogP contribution in [0.3, 0.4) is 0 Å². The van der Waals surface area contributed by atoms with E-state index in [9.17, 15) is 14.4 Å². The summed E-state index contributed by atoms with van der Waals surface area (Å²) in [4.78, 5) is 36.3. The lowest BCUT2D eigenvalue weighted by molar-refractivity contribution is -0.119. The van der Waals surface area contributed by atoms with E-state index in [2.05, 4.69) is 20.8 Å². The van der Waals surface area contributed by atoms with E-state index in [0.29, 0.717) is 12.2 Å². The summed E-state index contributed by atoms with van der Waals surface area (Å²) in [6.07, 6.45) is 4.00. The van der Waals surface area contributed by atoms with Gasteiger partial charge >= 0.3 is 5.97 Å². The summed E-state index contributed by atoms with van der Waals surface area (Å²) in [6, 6.07) is 8.11. The number of amides is 2. The van der Waals surface area contributed by atoms with Crippen molar-refractivity contribution in [3.63, 3.8) is 0 Å². The Bertz CT molecular complexity index is 1040. The molecule has 0 aliphatic rings. The molecular weight excluding hydrogens is 376 g/mol. The monoisotopic (exact) mass is 396 g/mol. The number of aromatic nitrogens is 4. The van der Waals surface area contributed by atoms with Gasteiger partial charge in [0, 0.05) is 24.6 Å². The molecule has 1 atom stereocenters. The van der Waals surface area contributed by atoms with E-state index < -0.39 is 23.8 Å². The first-order chi connectivity index (χ1) is 13.9. The molecule has 3 N–H and O–H groups in total. The molecular formula is C19H20N6O4. The van der Waals surface area contributed by atoms with Gasteiger partial charge in [-0.1, -0.05) is 18.2 Å². The molecule has 0 fully saturated rings. The number of aryl methyl sites for hydroxylation is 1. The average molecular weight is 396 g/mol. The van der Waals surface area contributed by atoms with Crippen LogP contribution in [0.1, 0.15) is 40.7 Å². The highest BCUT2D eigenvalue weighted by Gasteiger charge is 2.23. The van der Waals surface area contributed by atoms with Gasteiger partial charge in [0.25, 0.3) is 5.91 Å². The standard InChI is InChI=1S/C19H20N6O4/c1-3-24-11-15(16(23-24)18(27)21-14-7-5-4-6-8-14)22-17(26)12(2)25-10-13(9-20-25)19(28)29/h4-12H,3H2,1-2H3,(H,21,27)(H,22,26)(H,28,29). The third kappa shape index (κ3) is 4.49. The first-order valence-corrected chi connectivity index (χ1v) is 8.91. The molecule has 29 heavy (non-hydrogen) atoms. The van der Waals surface area contributed by atoms with Crippen molar-refractivity contribution in [2.45, 2.75) is 26.4 Å². The predicted octanol–water partition coefficient (Wildman–Crippen LogP) is 2.25. The Morgan fingerprint density at radius 2 is 1.86 bits per heavy atom. The van der Waals surface area contributed by atoms with E-state index in [1.165, 1.54) is 21.8 Å². The highest BCUT2D eigenvalue weighted by atomic mass is 16.4. The van der Waals surface area contributed by atoms with Crippen LogP contribution in [0.25, 0.3) is 0 Å². The van der Waals surface area contributed by atoms with Crippen molar-refractivity contribution in [1.29, 1.82) is 0 Å². The number of aromatic carboxylic acids is 1. The molecule has 2 aromatic heterocycles. The number of para-hydroxylation sites is 1. The average Bonchev–Trinajstić information content (AvgIpc) is 3.35. The van der Waals surface area contributed by atoms with Crippen molar-refractivity contribution in [3.05, 3.63) is 60.2 Å². The molecule has 0 saturated heterocycles. The van der Waals surface area contributed by atoms with E-state index >= 15 is 0 Å². The van der Waals surface area contributed by atoms with Gasteiger partial charge in [0.05, 0.1) is 17.4 Å². The summed E-state index contributed by atoms with van der Waals surface area (Å²) < 4.78 is 2.78. The van der Waals surface area contributed by atoms with Gasteiger partial charge in [0.15, 0.2) is 5.69 Å². The molecule has 1 unspecified atom stereocenters. The van der Waals surface area contributed by atoms with Gasteiger partial charge < -0.3 is 15.7 Å². The minimum atomic E-state index is -1.13. The third-order valence-corrected chi connectivity index (χ3v) is 4.22. The minimum Gasteiger partial charge on any atom is -0.478 e. The third-order valence-electron chi connectivity index (χ3n) is 4.22. The Labute approximate surface area is 166 Å². The molecule has 10 heteroatoms. The first kappa shape index (κ1) is 19.8. The molecule has 0 aliphatic carbocycles. The maximum atomic E-state index is 12.6. The number of carbonyl (C=O) groups is 3. The first-order valence-electron chi connectivity index (χ1n) is 8.91. The zero-order valence-electron chi connectivity index (χ0n) is 15.9. The number of carboxylic acid groups (broad SMARTS) is 1. The Hall–Kier alpha value is -3.95.